The van der Waals surface area contributed by atoms with Gasteiger partial charge in [0.25, 0.3) is 0 Å². The normalized spacial score (nSPS) is 18.7. The molecule has 1 saturated heterocycles. The van der Waals surface area contributed by atoms with Crippen molar-refractivity contribution in [3.8, 4) is 0 Å². The molecule has 0 bridgehead atoms. The van der Waals surface area contributed by atoms with Crippen molar-refractivity contribution in [2.45, 2.75) is 45.5 Å². The SMILES string of the molecule is CCn1ncnc1CN(Cc1ccsc1)C[C@H]1CCCO1. The monoisotopic (exact) mass is 306 g/mol. The number of thiophene rings is 1. The Morgan fingerprint density at radius 2 is 2.43 bits per heavy atom. The van der Waals surface area contributed by atoms with Gasteiger partial charge in [0.1, 0.15) is 12.2 Å². The minimum atomic E-state index is 0.363. The minimum Gasteiger partial charge on any atom is -0.377 e. The standard InChI is InChI=1S/C15H22N4OS/c1-2-19-15(16-12-17-19)10-18(8-13-5-7-21-11-13)9-14-4-3-6-20-14/h5,7,11-12,14H,2-4,6,8-10H2,1H3/t14-/m1/s1. The van der Waals surface area contributed by atoms with Crippen LogP contribution in [-0.2, 0) is 24.4 Å². The van der Waals surface area contributed by atoms with Gasteiger partial charge >= 0.3 is 0 Å². The van der Waals surface area contributed by atoms with Gasteiger partial charge in [-0.05, 0) is 42.2 Å². The van der Waals surface area contributed by atoms with E-state index in [0.717, 1.165) is 38.6 Å². The maximum absolute atomic E-state index is 5.80. The number of hydrogen-bond acceptors (Lipinski definition) is 5. The zero-order valence-electron chi connectivity index (χ0n) is 12.4. The fourth-order valence-corrected chi connectivity index (χ4v) is 3.44. The molecule has 0 aliphatic carbocycles. The number of nitrogens with zero attached hydrogens (tertiary/aromatic N) is 4. The highest BCUT2D eigenvalue weighted by atomic mass is 32.1. The summed E-state index contributed by atoms with van der Waals surface area (Å²) in [5, 5.41) is 8.61. The number of ether oxygens (including phenoxy) is 1. The van der Waals surface area contributed by atoms with Gasteiger partial charge in [0.2, 0.25) is 0 Å². The molecule has 0 spiro atoms. The van der Waals surface area contributed by atoms with Gasteiger partial charge in [0.05, 0.1) is 12.6 Å². The van der Waals surface area contributed by atoms with Crippen LogP contribution in [0.2, 0.25) is 0 Å². The average molecular weight is 306 g/mol. The lowest BCUT2D eigenvalue weighted by atomic mass is 10.2. The molecular weight excluding hydrogens is 284 g/mol. The van der Waals surface area contributed by atoms with Crippen LogP contribution in [0.5, 0.6) is 0 Å². The summed E-state index contributed by atoms with van der Waals surface area (Å²) in [6.45, 7) is 6.60. The quantitative estimate of drug-likeness (QED) is 0.788. The molecule has 6 heteroatoms. The molecule has 0 saturated carbocycles. The van der Waals surface area contributed by atoms with Gasteiger partial charge in [0, 0.05) is 26.2 Å². The van der Waals surface area contributed by atoms with Crippen molar-refractivity contribution in [1.82, 2.24) is 19.7 Å². The van der Waals surface area contributed by atoms with Crippen LogP contribution in [0.3, 0.4) is 0 Å². The molecule has 2 aromatic heterocycles. The van der Waals surface area contributed by atoms with E-state index in [2.05, 4.69) is 38.7 Å². The number of hydrogen-bond donors (Lipinski definition) is 0. The van der Waals surface area contributed by atoms with Gasteiger partial charge in [-0.25, -0.2) is 9.67 Å². The lowest BCUT2D eigenvalue weighted by molar-refractivity contribution is 0.0665. The van der Waals surface area contributed by atoms with Crippen LogP contribution in [0.15, 0.2) is 23.2 Å². The fraction of sp³-hybridized carbons (Fsp3) is 0.600. The molecule has 1 aliphatic rings. The Labute approximate surface area is 129 Å². The summed E-state index contributed by atoms with van der Waals surface area (Å²) in [6, 6.07) is 2.19. The Morgan fingerprint density at radius 3 is 3.14 bits per heavy atom. The maximum atomic E-state index is 5.80. The lowest BCUT2D eigenvalue weighted by Gasteiger charge is -2.24. The predicted molar refractivity (Wildman–Crippen MR) is 83.1 cm³/mol. The van der Waals surface area contributed by atoms with E-state index in [-0.39, 0.29) is 0 Å². The molecule has 3 heterocycles. The van der Waals surface area contributed by atoms with E-state index >= 15 is 0 Å². The molecule has 0 aromatic carbocycles. The van der Waals surface area contributed by atoms with E-state index in [4.69, 9.17) is 4.74 Å². The Balaban J connectivity index is 1.68. The maximum Gasteiger partial charge on any atom is 0.141 e. The molecule has 1 aliphatic heterocycles. The van der Waals surface area contributed by atoms with Crippen molar-refractivity contribution < 1.29 is 4.74 Å². The van der Waals surface area contributed by atoms with E-state index in [0.29, 0.717) is 6.10 Å². The zero-order valence-corrected chi connectivity index (χ0v) is 13.3. The van der Waals surface area contributed by atoms with Crippen molar-refractivity contribution in [2.75, 3.05) is 13.2 Å². The summed E-state index contributed by atoms with van der Waals surface area (Å²) >= 11 is 1.75. The zero-order chi connectivity index (χ0) is 14.5. The first-order valence-electron chi connectivity index (χ1n) is 7.57. The lowest BCUT2D eigenvalue weighted by Crippen LogP contribution is -2.32. The Morgan fingerprint density at radius 1 is 1.48 bits per heavy atom. The van der Waals surface area contributed by atoms with Crippen molar-refractivity contribution in [3.63, 3.8) is 0 Å². The fourth-order valence-electron chi connectivity index (χ4n) is 2.78. The first-order chi connectivity index (χ1) is 10.3. The van der Waals surface area contributed by atoms with Crippen molar-refractivity contribution in [2.24, 2.45) is 0 Å². The van der Waals surface area contributed by atoms with Crippen LogP contribution in [0.1, 0.15) is 31.2 Å². The van der Waals surface area contributed by atoms with Gasteiger partial charge < -0.3 is 4.74 Å². The molecule has 0 N–H and O–H groups in total. The highest BCUT2D eigenvalue weighted by Gasteiger charge is 2.21. The summed E-state index contributed by atoms with van der Waals surface area (Å²) in [6.07, 6.45) is 4.36. The van der Waals surface area contributed by atoms with Crippen LogP contribution < -0.4 is 0 Å². The third kappa shape index (κ3) is 3.90. The molecule has 3 rings (SSSR count). The Kier molecular flexibility index (Phi) is 5.00. The summed E-state index contributed by atoms with van der Waals surface area (Å²) in [4.78, 5) is 6.83. The van der Waals surface area contributed by atoms with Gasteiger partial charge in [0.15, 0.2) is 0 Å². The second-order valence-corrected chi connectivity index (χ2v) is 6.21. The van der Waals surface area contributed by atoms with Crippen LogP contribution in [0.25, 0.3) is 0 Å². The van der Waals surface area contributed by atoms with Crippen molar-refractivity contribution in [1.29, 1.82) is 0 Å². The summed E-state index contributed by atoms with van der Waals surface area (Å²) < 4.78 is 7.76. The predicted octanol–water partition coefficient (Wildman–Crippen LogP) is 2.54. The smallest absolute Gasteiger partial charge is 0.141 e. The van der Waals surface area contributed by atoms with Gasteiger partial charge in [-0.15, -0.1) is 0 Å². The molecule has 2 aromatic rings. The molecule has 114 valence electrons. The summed E-state index contributed by atoms with van der Waals surface area (Å²) in [5.74, 6) is 1.03. The van der Waals surface area contributed by atoms with Crippen LogP contribution in [0, 0.1) is 0 Å². The van der Waals surface area contributed by atoms with Gasteiger partial charge in [-0.1, -0.05) is 0 Å². The van der Waals surface area contributed by atoms with Gasteiger partial charge in [-0.2, -0.15) is 16.4 Å². The van der Waals surface area contributed by atoms with Crippen molar-refractivity contribution >= 4 is 11.3 Å². The average Bonchev–Trinajstić information content (AvgIpc) is 3.20. The van der Waals surface area contributed by atoms with E-state index in [1.54, 1.807) is 17.7 Å². The van der Waals surface area contributed by atoms with Gasteiger partial charge in [-0.3, -0.25) is 4.90 Å². The highest BCUT2D eigenvalue weighted by Crippen LogP contribution is 2.17. The Bertz CT molecular complexity index is 534. The highest BCUT2D eigenvalue weighted by molar-refractivity contribution is 7.07. The minimum absolute atomic E-state index is 0.363. The van der Waals surface area contributed by atoms with Crippen LogP contribution in [-0.4, -0.2) is 38.9 Å². The molecule has 0 unspecified atom stereocenters. The van der Waals surface area contributed by atoms with Crippen LogP contribution in [0.4, 0.5) is 0 Å². The third-order valence-electron chi connectivity index (χ3n) is 3.83. The van der Waals surface area contributed by atoms with Crippen LogP contribution >= 0.6 is 11.3 Å². The third-order valence-corrected chi connectivity index (χ3v) is 4.56. The number of aryl methyl sites for hydroxylation is 1. The molecule has 5 nitrogen and oxygen atoms in total. The van der Waals surface area contributed by atoms with E-state index in [1.165, 1.54) is 18.4 Å². The second kappa shape index (κ2) is 7.15. The van der Waals surface area contributed by atoms with E-state index < -0.39 is 0 Å². The Hall–Kier alpha value is -1.24. The molecule has 0 radical (unpaired) electrons. The van der Waals surface area contributed by atoms with E-state index in [1.807, 2.05) is 4.68 Å². The molecule has 21 heavy (non-hydrogen) atoms. The number of aromatic nitrogens is 3. The summed E-state index contributed by atoms with van der Waals surface area (Å²) in [7, 11) is 0. The summed E-state index contributed by atoms with van der Waals surface area (Å²) in [5.41, 5.74) is 1.36. The first-order valence-corrected chi connectivity index (χ1v) is 8.51. The molecule has 1 fully saturated rings. The topological polar surface area (TPSA) is 43.2 Å². The van der Waals surface area contributed by atoms with Crippen molar-refractivity contribution in [3.05, 3.63) is 34.5 Å². The van der Waals surface area contributed by atoms with E-state index in [9.17, 15) is 0 Å². The second-order valence-electron chi connectivity index (χ2n) is 5.43. The molecule has 1 atom stereocenters. The molecular formula is C15H22N4OS. The first kappa shape index (κ1) is 14.7. The number of rotatable bonds is 7. The largest absolute Gasteiger partial charge is 0.377 e. The molecule has 0 amide bonds.